The van der Waals surface area contributed by atoms with Crippen LogP contribution in [0, 0.1) is 12.7 Å². The number of pyridine rings is 1. The summed E-state index contributed by atoms with van der Waals surface area (Å²) >= 11 is 0. The molecule has 3 heterocycles. The van der Waals surface area contributed by atoms with E-state index < -0.39 is 18.3 Å². The first kappa shape index (κ1) is 20.2. The van der Waals surface area contributed by atoms with Gasteiger partial charge in [-0.2, -0.15) is 0 Å². The predicted molar refractivity (Wildman–Crippen MR) is 113 cm³/mol. The number of benzene rings is 1. The van der Waals surface area contributed by atoms with Crippen molar-refractivity contribution in [3.8, 4) is 11.5 Å². The molecule has 1 fully saturated rings. The molecule has 31 heavy (non-hydrogen) atoms. The van der Waals surface area contributed by atoms with E-state index in [9.17, 15) is 14.6 Å². The van der Waals surface area contributed by atoms with Gasteiger partial charge in [0.2, 0.25) is 0 Å². The molecular formula is C23H26FN3O4. The van der Waals surface area contributed by atoms with E-state index in [2.05, 4.69) is 10.3 Å². The Hall–Kier alpha value is -2.68. The highest BCUT2D eigenvalue weighted by molar-refractivity contribution is 5.79. The van der Waals surface area contributed by atoms with Gasteiger partial charge >= 0.3 is 0 Å². The van der Waals surface area contributed by atoms with E-state index in [1.807, 2.05) is 29.8 Å². The Labute approximate surface area is 179 Å². The van der Waals surface area contributed by atoms with Gasteiger partial charge in [-0.05, 0) is 37.6 Å². The van der Waals surface area contributed by atoms with Gasteiger partial charge in [0.05, 0.1) is 13.2 Å². The molecule has 0 bridgehead atoms. The summed E-state index contributed by atoms with van der Waals surface area (Å²) in [5.74, 6) is 0.233. The molecule has 0 radical (unpaired) electrons. The lowest BCUT2D eigenvalue weighted by Crippen LogP contribution is -2.35. The number of aryl methyl sites for hydroxylation is 1. The SMILES string of the molecule is COc1cc(O[C@H]2C[C@@H](n3ccc4c(C)ccnc43)[C@H](O)[C@@H]2O)c2c(c1F)CCNC2. The fraction of sp³-hybridized carbons (Fsp3) is 0.435. The number of nitrogens with zero attached hydrogens (tertiary/aromatic N) is 2. The Kier molecular flexibility index (Phi) is 5.08. The summed E-state index contributed by atoms with van der Waals surface area (Å²) in [5.41, 5.74) is 3.18. The first-order valence-corrected chi connectivity index (χ1v) is 10.5. The topological polar surface area (TPSA) is 88.8 Å². The van der Waals surface area contributed by atoms with Gasteiger partial charge < -0.3 is 29.6 Å². The molecule has 164 valence electrons. The standard InChI is InChI=1S/C23H26FN3O4/c1-12-3-7-26-23-13(12)5-8-27(23)16-9-19(22(29)21(16)28)31-17-10-18(30-2)20(24)14-4-6-25-11-15(14)17/h3,5,7-8,10,16,19,21-22,25,28-29H,4,6,9,11H2,1-2H3/t16-,19+,21+,22-/m1/s1. The first-order valence-electron chi connectivity index (χ1n) is 10.5. The monoisotopic (exact) mass is 427 g/mol. The average molecular weight is 427 g/mol. The summed E-state index contributed by atoms with van der Waals surface area (Å²) in [6.45, 7) is 3.17. The van der Waals surface area contributed by atoms with E-state index in [1.165, 1.54) is 13.2 Å². The van der Waals surface area contributed by atoms with Gasteiger partial charge in [0.15, 0.2) is 11.6 Å². The van der Waals surface area contributed by atoms with Crippen molar-refractivity contribution in [1.82, 2.24) is 14.9 Å². The first-order chi connectivity index (χ1) is 15.0. The van der Waals surface area contributed by atoms with Gasteiger partial charge in [-0.3, -0.25) is 0 Å². The molecule has 2 aliphatic rings. The van der Waals surface area contributed by atoms with Crippen LogP contribution in [0.2, 0.25) is 0 Å². The molecule has 8 heteroatoms. The zero-order valence-electron chi connectivity index (χ0n) is 17.5. The summed E-state index contributed by atoms with van der Waals surface area (Å²) in [4.78, 5) is 4.47. The largest absolute Gasteiger partial charge is 0.494 e. The second-order valence-corrected chi connectivity index (χ2v) is 8.30. The van der Waals surface area contributed by atoms with Gasteiger partial charge in [-0.25, -0.2) is 9.37 Å². The highest BCUT2D eigenvalue weighted by Crippen LogP contribution is 2.39. The maximum Gasteiger partial charge on any atom is 0.168 e. The highest BCUT2D eigenvalue weighted by atomic mass is 19.1. The van der Waals surface area contributed by atoms with Gasteiger partial charge in [-0.15, -0.1) is 0 Å². The van der Waals surface area contributed by atoms with Crippen molar-refractivity contribution in [3.05, 3.63) is 53.1 Å². The molecule has 0 unspecified atom stereocenters. The van der Waals surface area contributed by atoms with Crippen molar-refractivity contribution in [2.24, 2.45) is 0 Å². The third-order valence-corrected chi connectivity index (χ3v) is 6.55. The molecule has 3 aromatic rings. The lowest BCUT2D eigenvalue weighted by atomic mass is 9.98. The number of fused-ring (bicyclic) bond motifs is 2. The summed E-state index contributed by atoms with van der Waals surface area (Å²) in [6.07, 6.45) is 1.81. The van der Waals surface area contributed by atoms with E-state index in [0.29, 0.717) is 37.2 Å². The molecule has 1 aliphatic carbocycles. The van der Waals surface area contributed by atoms with E-state index in [1.54, 1.807) is 6.20 Å². The van der Waals surface area contributed by atoms with Crippen LogP contribution >= 0.6 is 0 Å². The van der Waals surface area contributed by atoms with E-state index in [4.69, 9.17) is 9.47 Å². The number of nitrogens with one attached hydrogen (secondary N) is 1. The van der Waals surface area contributed by atoms with Crippen LogP contribution in [0.1, 0.15) is 29.2 Å². The number of hydrogen-bond acceptors (Lipinski definition) is 6. The zero-order chi connectivity index (χ0) is 21.7. The molecule has 3 N–H and O–H groups in total. The molecule has 1 saturated carbocycles. The quantitative estimate of drug-likeness (QED) is 0.592. The third kappa shape index (κ3) is 3.26. The molecule has 1 aromatic carbocycles. The van der Waals surface area contributed by atoms with Crippen LogP contribution in [0.25, 0.3) is 11.0 Å². The van der Waals surface area contributed by atoms with E-state index in [0.717, 1.165) is 22.2 Å². The molecule has 0 amide bonds. The summed E-state index contributed by atoms with van der Waals surface area (Å²) < 4.78 is 28.0. The minimum Gasteiger partial charge on any atom is -0.494 e. The number of methoxy groups -OCH3 is 1. The van der Waals surface area contributed by atoms with Gasteiger partial charge in [0.1, 0.15) is 29.7 Å². The van der Waals surface area contributed by atoms with Crippen molar-refractivity contribution < 1.29 is 24.1 Å². The fourth-order valence-corrected chi connectivity index (χ4v) is 4.82. The number of aromatic nitrogens is 2. The molecule has 2 aromatic heterocycles. The van der Waals surface area contributed by atoms with Crippen molar-refractivity contribution in [3.63, 3.8) is 0 Å². The number of halogens is 1. The Balaban J connectivity index is 1.47. The highest BCUT2D eigenvalue weighted by Gasteiger charge is 2.44. The molecule has 4 atom stereocenters. The molecule has 1 aliphatic heterocycles. The minimum atomic E-state index is -1.09. The van der Waals surface area contributed by atoms with Crippen LogP contribution in [0.15, 0.2) is 30.6 Å². The molecule has 0 spiro atoms. The second-order valence-electron chi connectivity index (χ2n) is 8.30. The number of rotatable bonds is 4. The summed E-state index contributed by atoms with van der Waals surface area (Å²) in [5, 5.41) is 25.8. The Morgan fingerprint density at radius 2 is 2.03 bits per heavy atom. The Bertz CT molecular complexity index is 1130. The van der Waals surface area contributed by atoms with Crippen molar-refractivity contribution in [2.45, 2.75) is 50.7 Å². The fourth-order valence-electron chi connectivity index (χ4n) is 4.82. The van der Waals surface area contributed by atoms with Crippen LogP contribution in [-0.2, 0) is 13.0 Å². The smallest absolute Gasteiger partial charge is 0.168 e. The molecule has 5 rings (SSSR count). The van der Waals surface area contributed by atoms with Crippen LogP contribution in [-0.4, -0.2) is 51.7 Å². The number of hydrogen-bond donors (Lipinski definition) is 3. The van der Waals surface area contributed by atoms with E-state index in [-0.39, 0.29) is 17.6 Å². The number of ether oxygens (including phenoxy) is 2. The minimum absolute atomic E-state index is 0.122. The van der Waals surface area contributed by atoms with Crippen molar-refractivity contribution in [1.29, 1.82) is 0 Å². The maximum absolute atomic E-state index is 14.7. The Morgan fingerprint density at radius 1 is 1.19 bits per heavy atom. The number of aliphatic hydroxyl groups excluding tert-OH is 2. The molecule has 0 saturated heterocycles. The Morgan fingerprint density at radius 3 is 2.84 bits per heavy atom. The maximum atomic E-state index is 14.7. The predicted octanol–water partition coefficient (Wildman–Crippen LogP) is 2.25. The summed E-state index contributed by atoms with van der Waals surface area (Å²) in [7, 11) is 1.42. The van der Waals surface area contributed by atoms with Crippen LogP contribution in [0.4, 0.5) is 4.39 Å². The van der Waals surface area contributed by atoms with Crippen molar-refractivity contribution in [2.75, 3.05) is 13.7 Å². The van der Waals surface area contributed by atoms with Gasteiger partial charge in [0.25, 0.3) is 0 Å². The summed E-state index contributed by atoms with van der Waals surface area (Å²) in [6, 6.07) is 5.06. The third-order valence-electron chi connectivity index (χ3n) is 6.55. The average Bonchev–Trinajstić information content (AvgIpc) is 3.33. The van der Waals surface area contributed by atoms with Gasteiger partial charge in [-0.1, -0.05) is 0 Å². The zero-order valence-corrected chi connectivity index (χ0v) is 17.5. The van der Waals surface area contributed by atoms with Crippen LogP contribution in [0.5, 0.6) is 11.5 Å². The molecular weight excluding hydrogens is 401 g/mol. The van der Waals surface area contributed by atoms with Crippen LogP contribution < -0.4 is 14.8 Å². The van der Waals surface area contributed by atoms with Crippen LogP contribution in [0.3, 0.4) is 0 Å². The molecule has 7 nitrogen and oxygen atoms in total. The normalized spacial score (nSPS) is 25.6. The number of aliphatic hydroxyl groups is 2. The second kappa shape index (κ2) is 7.78. The van der Waals surface area contributed by atoms with E-state index >= 15 is 0 Å². The van der Waals surface area contributed by atoms with Gasteiger partial charge in [0, 0.05) is 47.9 Å². The lowest BCUT2D eigenvalue weighted by Gasteiger charge is -2.25. The lowest BCUT2D eigenvalue weighted by molar-refractivity contribution is -0.0167. The van der Waals surface area contributed by atoms with Crippen molar-refractivity contribution >= 4 is 11.0 Å².